The Hall–Kier alpha value is -2.42. The molecule has 12 nitrogen and oxygen atoms in total. The van der Waals surface area contributed by atoms with E-state index in [1.807, 2.05) is 19.1 Å². The normalized spacial score (nSPS) is 47.9. The highest BCUT2D eigenvalue weighted by molar-refractivity contribution is 6.06. The fourth-order valence-electron chi connectivity index (χ4n) is 10.4. The maximum Gasteiger partial charge on any atom is 0.316 e. The molecule has 5 heterocycles. The van der Waals surface area contributed by atoms with Crippen LogP contribution in [-0.4, -0.2) is 107 Å². The van der Waals surface area contributed by atoms with Crippen molar-refractivity contribution in [2.75, 3.05) is 13.7 Å². The molecule has 0 amide bonds. The Balaban J connectivity index is 1.25. The van der Waals surface area contributed by atoms with Crippen molar-refractivity contribution in [2.45, 2.75) is 172 Å². The number of carbonyl (C=O) groups excluding carboxylic acids is 1. The molecular formula is C43H63NO11. The summed E-state index contributed by atoms with van der Waals surface area (Å²) in [6.07, 6.45) is 14.4. The number of aliphatic hydroxyl groups is 2. The van der Waals surface area contributed by atoms with Gasteiger partial charge in [-0.05, 0) is 75.0 Å². The number of methoxy groups -OCH3 is 1. The van der Waals surface area contributed by atoms with Crippen LogP contribution in [0.15, 0.2) is 52.3 Å². The van der Waals surface area contributed by atoms with Gasteiger partial charge in [-0.3, -0.25) is 4.79 Å². The highest BCUT2D eigenvalue weighted by atomic mass is 16.7. The standard InChI is InChI=1S/C43H63NO11/c1-24-11-10-14-30-23-50-40-36(44-48)27(4)19-33(43(30,40)47)41(46)52-32-20-31(16-15-25(2)38(24)53-35-21-34(49-6)37(45)28(5)51-35)54-42(22-32)18-17-26(3)39(55-42)29-12-8-7-9-13-29/h10-11,14-15,19,24,26,28-29,31-35,37-40,45,47-48H,7-9,12-13,16-18,20-23H2,1-6H3/b11-10+,25-15+,30-14+,44-36+/t24-,26+,28+,31-,32+,33+,34+,35+,37+,38+,39+,40-,42-,43-/m1/s1. The summed E-state index contributed by atoms with van der Waals surface area (Å²) in [5.74, 6) is -1.83. The number of ether oxygens (including phenoxy) is 7. The van der Waals surface area contributed by atoms with E-state index in [-0.39, 0.29) is 30.4 Å². The minimum absolute atomic E-state index is 0.0359. The third-order valence-electron chi connectivity index (χ3n) is 13.6. The molecule has 3 N–H and O–H groups in total. The summed E-state index contributed by atoms with van der Waals surface area (Å²) in [6, 6.07) is 0. The molecular weight excluding hydrogens is 706 g/mol. The highest BCUT2D eigenvalue weighted by Crippen LogP contribution is 2.48. The van der Waals surface area contributed by atoms with Crippen LogP contribution >= 0.6 is 0 Å². The summed E-state index contributed by atoms with van der Waals surface area (Å²) < 4.78 is 45.1. The van der Waals surface area contributed by atoms with Crippen LogP contribution in [-0.2, 0) is 38.0 Å². The second-order valence-corrected chi connectivity index (χ2v) is 17.4. The van der Waals surface area contributed by atoms with Crippen molar-refractivity contribution in [2.24, 2.45) is 28.8 Å². The van der Waals surface area contributed by atoms with Gasteiger partial charge in [0.25, 0.3) is 0 Å². The molecule has 7 aliphatic rings. The summed E-state index contributed by atoms with van der Waals surface area (Å²) >= 11 is 0. The lowest BCUT2D eigenvalue weighted by atomic mass is 9.71. The van der Waals surface area contributed by atoms with E-state index in [9.17, 15) is 20.2 Å². The Morgan fingerprint density at radius 3 is 2.55 bits per heavy atom. The monoisotopic (exact) mass is 769 g/mol. The topological polar surface area (TPSA) is 155 Å². The molecule has 0 radical (unpaired) electrons. The lowest BCUT2D eigenvalue weighted by Crippen LogP contribution is -2.57. The Morgan fingerprint density at radius 2 is 1.80 bits per heavy atom. The van der Waals surface area contributed by atoms with E-state index in [0.717, 1.165) is 24.8 Å². The van der Waals surface area contributed by atoms with Gasteiger partial charge in [0.05, 0.1) is 37.1 Å². The quantitative estimate of drug-likeness (QED) is 0.132. The second kappa shape index (κ2) is 16.8. The van der Waals surface area contributed by atoms with Crippen LogP contribution in [0.2, 0.25) is 0 Å². The first-order valence-corrected chi connectivity index (χ1v) is 20.7. The molecule has 2 aliphatic carbocycles. The molecule has 14 atom stereocenters. The van der Waals surface area contributed by atoms with Crippen molar-refractivity contribution < 1.29 is 53.4 Å². The molecule has 7 rings (SSSR count). The Labute approximate surface area is 325 Å². The molecule has 5 aliphatic heterocycles. The first-order valence-electron chi connectivity index (χ1n) is 20.7. The predicted molar refractivity (Wildman–Crippen MR) is 203 cm³/mol. The molecule has 1 spiro atoms. The van der Waals surface area contributed by atoms with Crippen molar-refractivity contribution in [3.05, 3.63) is 47.1 Å². The summed E-state index contributed by atoms with van der Waals surface area (Å²) in [4.78, 5) is 14.4. The Morgan fingerprint density at radius 1 is 1.02 bits per heavy atom. The van der Waals surface area contributed by atoms with Gasteiger partial charge >= 0.3 is 5.97 Å². The highest BCUT2D eigenvalue weighted by Gasteiger charge is 2.60. The zero-order valence-corrected chi connectivity index (χ0v) is 33.4. The first-order chi connectivity index (χ1) is 26.4. The van der Waals surface area contributed by atoms with Crippen molar-refractivity contribution in [3.8, 4) is 0 Å². The average molecular weight is 770 g/mol. The van der Waals surface area contributed by atoms with Crippen molar-refractivity contribution in [1.82, 2.24) is 0 Å². The van der Waals surface area contributed by atoms with Crippen molar-refractivity contribution >= 4 is 11.7 Å². The van der Waals surface area contributed by atoms with Gasteiger partial charge in [0.1, 0.15) is 35.5 Å². The van der Waals surface area contributed by atoms with Gasteiger partial charge in [-0.2, -0.15) is 0 Å². The molecule has 2 bridgehead atoms. The number of nitrogens with zero attached hydrogens (tertiary/aromatic N) is 1. The number of allylic oxidation sites excluding steroid dienone is 2. The Kier molecular flexibility index (Phi) is 12.5. The maximum atomic E-state index is 14.4. The summed E-state index contributed by atoms with van der Waals surface area (Å²) in [6.45, 7) is 10.0. The molecule has 0 aromatic heterocycles. The van der Waals surface area contributed by atoms with Crippen LogP contribution in [0.4, 0.5) is 0 Å². The number of aliphatic hydroxyl groups excluding tert-OH is 1. The van der Waals surface area contributed by atoms with Crippen molar-refractivity contribution in [1.29, 1.82) is 0 Å². The largest absolute Gasteiger partial charge is 0.462 e. The van der Waals surface area contributed by atoms with Crippen LogP contribution in [0.5, 0.6) is 0 Å². The van der Waals surface area contributed by atoms with Crippen LogP contribution in [0.1, 0.15) is 105 Å². The van der Waals surface area contributed by atoms with Gasteiger partial charge in [-0.25, -0.2) is 0 Å². The molecule has 0 aromatic carbocycles. The van der Waals surface area contributed by atoms with Gasteiger partial charge in [0.15, 0.2) is 12.1 Å². The zero-order chi connectivity index (χ0) is 39.1. The fraction of sp³-hybridized carbons (Fsp3) is 0.767. The third-order valence-corrected chi connectivity index (χ3v) is 13.6. The lowest BCUT2D eigenvalue weighted by molar-refractivity contribution is -0.342. The zero-order valence-electron chi connectivity index (χ0n) is 33.4. The minimum atomic E-state index is -1.83. The summed E-state index contributed by atoms with van der Waals surface area (Å²) in [5.41, 5.74) is 0.362. The second-order valence-electron chi connectivity index (χ2n) is 17.4. The molecule has 0 unspecified atom stereocenters. The summed E-state index contributed by atoms with van der Waals surface area (Å²) in [7, 11) is 1.59. The molecule has 4 saturated heterocycles. The van der Waals surface area contributed by atoms with Gasteiger partial charge in [-0.15, -0.1) is 0 Å². The van der Waals surface area contributed by atoms with E-state index in [4.69, 9.17) is 33.2 Å². The van der Waals surface area contributed by atoms with Crippen LogP contribution < -0.4 is 0 Å². The SMILES string of the molecule is CO[C@H]1C[C@H](O[C@@H]2/C(C)=C/C[C@@H]3C[C@@H](C[C@]4(CC[C@H](C)[C@@H](C5CCCCC5)O4)O3)OC(=O)[C@@H]3C=C(C)/C(=N\O)[C@H]4OC/C(=C\C=C\[C@H]2C)[C@]43O)O[C@@H](C)[C@@H]1O. The van der Waals surface area contributed by atoms with Crippen molar-refractivity contribution in [3.63, 3.8) is 0 Å². The van der Waals surface area contributed by atoms with Crippen LogP contribution in [0.25, 0.3) is 0 Å². The number of carbonyl (C=O) groups is 1. The smallest absolute Gasteiger partial charge is 0.316 e. The van der Waals surface area contributed by atoms with E-state index >= 15 is 0 Å². The molecule has 55 heavy (non-hydrogen) atoms. The fourth-order valence-corrected chi connectivity index (χ4v) is 10.4. The number of hydrogen-bond donors (Lipinski definition) is 3. The first kappa shape index (κ1) is 40.8. The van der Waals surface area contributed by atoms with E-state index in [2.05, 4.69) is 32.0 Å². The van der Waals surface area contributed by atoms with Gasteiger partial charge < -0.3 is 48.6 Å². The van der Waals surface area contributed by atoms with E-state index in [0.29, 0.717) is 55.1 Å². The predicted octanol–water partition coefficient (Wildman–Crippen LogP) is 6.07. The molecule has 306 valence electrons. The molecule has 5 fully saturated rings. The van der Waals surface area contributed by atoms with Gasteiger partial charge in [0, 0.05) is 38.7 Å². The third kappa shape index (κ3) is 8.17. The van der Waals surface area contributed by atoms with Crippen LogP contribution in [0.3, 0.4) is 0 Å². The van der Waals surface area contributed by atoms with Crippen LogP contribution in [0, 0.1) is 23.7 Å². The van der Waals surface area contributed by atoms with E-state index in [1.54, 1.807) is 26.2 Å². The summed E-state index contributed by atoms with van der Waals surface area (Å²) in [5, 5.41) is 36.7. The molecule has 12 heteroatoms. The number of fused-ring (bicyclic) bond motifs is 2. The lowest BCUT2D eigenvalue weighted by Gasteiger charge is -2.51. The average Bonchev–Trinajstić information content (AvgIpc) is 3.50. The van der Waals surface area contributed by atoms with E-state index < -0.39 is 66.2 Å². The van der Waals surface area contributed by atoms with E-state index in [1.165, 1.54) is 19.3 Å². The Bertz CT molecular complexity index is 1550. The number of rotatable bonds is 4. The maximum absolute atomic E-state index is 14.4. The number of esters is 1. The number of oxime groups is 1. The molecule has 1 saturated carbocycles. The molecule has 0 aromatic rings. The van der Waals surface area contributed by atoms with Gasteiger partial charge in [-0.1, -0.05) is 68.6 Å². The van der Waals surface area contributed by atoms with Gasteiger partial charge in [0.2, 0.25) is 0 Å². The minimum Gasteiger partial charge on any atom is -0.462 e. The number of hydrogen-bond acceptors (Lipinski definition) is 12.